The Morgan fingerprint density at radius 1 is 1.52 bits per heavy atom. The van der Waals surface area contributed by atoms with Crippen molar-refractivity contribution in [2.24, 2.45) is 5.73 Å². The number of carboxylic acid groups (broad SMARTS) is 1. The van der Waals surface area contributed by atoms with Gasteiger partial charge in [0.1, 0.15) is 5.75 Å². The average Bonchev–Trinajstić information content (AvgIpc) is 2.46. The molecule has 0 saturated heterocycles. The predicted octanol–water partition coefficient (Wildman–Crippen LogP) is 1.69. The number of anilines is 1. The lowest BCUT2D eigenvalue weighted by molar-refractivity contribution is -0.137. The molecule has 114 valence electrons. The number of benzene rings is 1. The van der Waals surface area contributed by atoms with Crippen LogP contribution in [0, 0.1) is 0 Å². The van der Waals surface area contributed by atoms with E-state index >= 15 is 0 Å². The smallest absolute Gasteiger partial charge is 0.303 e. The van der Waals surface area contributed by atoms with Crippen molar-refractivity contribution in [2.75, 3.05) is 18.1 Å². The third-order valence-corrected chi connectivity index (χ3v) is 3.58. The second kappa shape index (κ2) is 6.58. The number of ether oxygens (including phenoxy) is 1. The van der Waals surface area contributed by atoms with Crippen LogP contribution in [0.15, 0.2) is 18.2 Å². The van der Waals surface area contributed by atoms with E-state index in [9.17, 15) is 9.59 Å². The molecule has 1 aromatic rings. The fraction of sp³-hybridized carbons (Fsp3) is 0.467. The van der Waals surface area contributed by atoms with Crippen molar-refractivity contribution >= 4 is 17.6 Å². The highest BCUT2D eigenvalue weighted by Crippen LogP contribution is 2.34. The van der Waals surface area contributed by atoms with Crippen molar-refractivity contribution in [1.82, 2.24) is 0 Å². The molecular weight excluding hydrogens is 272 g/mol. The summed E-state index contributed by atoms with van der Waals surface area (Å²) >= 11 is 0. The Morgan fingerprint density at radius 3 is 2.95 bits per heavy atom. The molecule has 1 amide bonds. The minimum absolute atomic E-state index is 0.0604. The summed E-state index contributed by atoms with van der Waals surface area (Å²) in [6, 6.07) is 5.30. The number of likely N-dealkylation sites (N-methyl/N-ethyl adjacent to an activating group) is 1. The maximum Gasteiger partial charge on any atom is 0.303 e. The first-order valence-electron chi connectivity index (χ1n) is 7.07. The molecule has 0 fully saturated rings. The summed E-state index contributed by atoms with van der Waals surface area (Å²) in [5.74, 6) is -0.205. The molecule has 0 spiro atoms. The molecule has 1 heterocycles. The van der Waals surface area contributed by atoms with Crippen LogP contribution in [0.2, 0.25) is 0 Å². The van der Waals surface area contributed by atoms with Gasteiger partial charge < -0.3 is 20.5 Å². The number of nitrogens with zero attached hydrogens (tertiary/aromatic N) is 1. The van der Waals surface area contributed by atoms with Gasteiger partial charge in [-0.25, -0.2) is 0 Å². The van der Waals surface area contributed by atoms with Crippen LogP contribution < -0.4 is 15.4 Å². The zero-order chi connectivity index (χ0) is 15.4. The van der Waals surface area contributed by atoms with Crippen LogP contribution in [0.3, 0.4) is 0 Å². The van der Waals surface area contributed by atoms with E-state index in [0.717, 1.165) is 11.3 Å². The molecule has 0 radical (unpaired) electrons. The lowest BCUT2D eigenvalue weighted by Crippen LogP contribution is -2.38. The third kappa shape index (κ3) is 3.52. The van der Waals surface area contributed by atoms with Crippen LogP contribution >= 0.6 is 0 Å². The summed E-state index contributed by atoms with van der Waals surface area (Å²) in [7, 11) is 0. The van der Waals surface area contributed by atoms with Crippen molar-refractivity contribution in [3.05, 3.63) is 23.8 Å². The maximum absolute atomic E-state index is 11.8. The van der Waals surface area contributed by atoms with Crippen molar-refractivity contribution in [1.29, 1.82) is 0 Å². The van der Waals surface area contributed by atoms with Gasteiger partial charge in [-0.1, -0.05) is 6.07 Å². The Kier molecular flexibility index (Phi) is 4.80. The molecule has 6 nitrogen and oxygen atoms in total. The lowest BCUT2D eigenvalue weighted by atomic mass is 10.0. The monoisotopic (exact) mass is 292 g/mol. The number of rotatable bonds is 6. The topological polar surface area (TPSA) is 92.9 Å². The van der Waals surface area contributed by atoms with E-state index in [1.165, 1.54) is 0 Å². The summed E-state index contributed by atoms with van der Waals surface area (Å²) in [4.78, 5) is 24.0. The number of fused-ring (bicyclic) bond motifs is 1. The summed E-state index contributed by atoms with van der Waals surface area (Å²) in [6.45, 7) is 2.55. The molecule has 3 N–H and O–H groups in total. The van der Waals surface area contributed by atoms with Gasteiger partial charge in [0, 0.05) is 19.0 Å². The summed E-state index contributed by atoms with van der Waals surface area (Å²) in [6.07, 6.45) is 1.23. The van der Waals surface area contributed by atoms with Crippen molar-refractivity contribution in [2.45, 2.75) is 32.2 Å². The Hall–Kier alpha value is -2.08. The molecule has 1 unspecified atom stereocenters. The number of carbonyl (C=O) groups is 2. The fourth-order valence-electron chi connectivity index (χ4n) is 2.44. The minimum Gasteiger partial charge on any atom is -0.482 e. The number of hydrogen-bond acceptors (Lipinski definition) is 4. The Morgan fingerprint density at radius 2 is 2.29 bits per heavy atom. The number of carboxylic acids is 1. The number of hydrogen-bond donors (Lipinski definition) is 2. The van der Waals surface area contributed by atoms with Crippen LogP contribution in [0.4, 0.5) is 5.69 Å². The number of carbonyl (C=O) groups excluding carboxylic acids is 1. The van der Waals surface area contributed by atoms with Gasteiger partial charge in [0.15, 0.2) is 6.61 Å². The molecule has 1 aliphatic heterocycles. The first kappa shape index (κ1) is 15.3. The minimum atomic E-state index is -0.816. The fourth-order valence-corrected chi connectivity index (χ4v) is 2.44. The van der Waals surface area contributed by atoms with Gasteiger partial charge in [-0.3, -0.25) is 9.59 Å². The standard InChI is InChI=1S/C15H20N2O4/c1-2-17-12-8-10(11(16)4-3-5-15(19)20)6-7-13(12)21-9-14(17)18/h6-8,11H,2-5,9,16H2,1H3,(H,19,20). The maximum atomic E-state index is 11.8. The van der Waals surface area contributed by atoms with Crippen molar-refractivity contribution < 1.29 is 19.4 Å². The van der Waals surface area contributed by atoms with Crippen LogP contribution in [0.25, 0.3) is 0 Å². The van der Waals surface area contributed by atoms with E-state index in [1.54, 1.807) is 4.90 Å². The van der Waals surface area contributed by atoms with E-state index in [0.29, 0.717) is 25.1 Å². The molecule has 0 bridgehead atoms. The second-order valence-corrected chi connectivity index (χ2v) is 5.05. The molecule has 0 saturated carbocycles. The largest absolute Gasteiger partial charge is 0.482 e. The Bertz CT molecular complexity index is 544. The van der Waals surface area contributed by atoms with E-state index in [1.807, 2.05) is 25.1 Å². The molecule has 1 atom stereocenters. The molecule has 2 rings (SSSR count). The number of amides is 1. The molecule has 1 aliphatic rings. The normalized spacial score (nSPS) is 15.3. The quantitative estimate of drug-likeness (QED) is 0.832. The molecular formula is C15H20N2O4. The molecule has 6 heteroatoms. The average molecular weight is 292 g/mol. The highest BCUT2D eigenvalue weighted by Gasteiger charge is 2.25. The summed E-state index contributed by atoms with van der Waals surface area (Å²) < 4.78 is 5.41. The van der Waals surface area contributed by atoms with Crippen LogP contribution in [-0.4, -0.2) is 30.1 Å². The van der Waals surface area contributed by atoms with Gasteiger partial charge >= 0.3 is 5.97 Å². The van der Waals surface area contributed by atoms with Gasteiger partial charge in [-0.2, -0.15) is 0 Å². The number of aliphatic carboxylic acids is 1. The first-order valence-corrected chi connectivity index (χ1v) is 7.07. The highest BCUT2D eigenvalue weighted by molar-refractivity contribution is 5.97. The molecule has 1 aromatic carbocycles. The lowest BCUT2D eigenvalue weighted by Gasteiger charge is -2.29. The molecule has 0 aliphatic carbocycles. The highest BCUT2D eigenvalue weighted by atomic mass is 16.5. The first-order chi connectivity index (χ1) is 10.0. The molecule has 21 heavy (non-hydrogen) atoms. The van der Waals surface area contributed by atoms with E-state index < -0.39 is 5.97 Å². The Balaban J connectivity index is 2.13. The summed E-state index contributed by atoms with van der Waals surface area (Å²) in [5.41, 5.74) is 7.72. The zero-order valence-electron chi connectivity index (χ0n) is 12.0. The van der Waals surface area contributed by atoms with Gasteiger partial charge in [-0.15, -0.1) is 0 Å². The SMILES string of the molecule is CCN1C(=O)COc2ccc(C(N)CCCC(=O)O)cc21. The van der Waals surface area contributed by atoms with Crippen molar-refractivity contribution in [3.63, 3.8) is 0 Å². The third-order valence-electron chi connectivity index (χ3n) is 3.58. The van der Waals surface area contributed by atoms with Crippen molar-refractivity contribution in [3.8, 4) is 5.75 Å². The van der Waals surface area contributed by atoms with E-state index in [2.05, 4.69) is 0 Å². The van der Waals surface area contributed by atoms with Crippen LogP contribution in [-0.2, 0) is 9.59 Å². The second-order valence-electron chi connectivity index (χ2n) is 5.05. The van der Waals surface area contributed by atoms with E-state index in [-0.39, 0.29) is 25.0 Å². The van der Waals surface area contributed by atoms with Crippen LogP contribution in [0.1, 0.15) is 37.8 Å². The van der Waals surface area contributed by atoms with Gasteiger partial charge in [0.05, 0.1) is 5.69 Å². The van der Waals surface area contributed by atoms with E-state index in [4.69, 9.17) is 15.6 Å². The van der Waals surface area contributed by atoms with Crippen LogP contribution in [0.5, 0.6) is 5.75 Å². The van der Waals surface area contributed by atoms with Gasteiger partial charge in [-0.05, 0) is 37.5 Å². The summed E-state index contributed by atoms with van der Waals surface area (Å²) in [5, 5.41) is 8.65. The van der Waals surface area contributed by atoms with Gasteiger partial charge in [0.2, 0.25) is 0 Å². The molecule has 0 aromatic heterocycles. The Labute approximate surface area is 123 Å². The van der Waals surface area contributed by atoms with Gasteiger partial charge in [0.25, 0.3) is 5.91 Å². The zero-order valence-corrected chi connectivity index (χ0v) is 12.0. The predicted molar refractivity (Wildman–Crippen MR) is 78.4 cm³/mol. The number of nitrogens with two attached hydrogens (primary N) is 1.